The molecule has 0 aliphatic carbocycles. The van der Waals surface area contributed by atoms with E-state index in [1.165, 1.54) is 24.3 Å². The number of nitrogens with zero attached hydrogens (tertiary/aromatic N) is 1. The number of carbonyl (C=O) groups excluding carboxylic acids is 1. The monoisotopic (exact) mass is 298 g/mol. The van der Waals surface area contributed by atoms with Gasteiger partial charge in [0.1, 0.15) is 6.04 Å². The van der Waals surface area contributed by atoms with Crippen molar-refractivity contribution in [1.82, 2.24) is 4.31 Å². The fourth-order valence-corrected chi connectivity index (χ4v) is 4.16. The van der Waals surface area contributed by atoms with Crippen LogP contribution in [0.15, 0.2) is 29.2 Å². The Bertz CT molecular complexity index is 656. The predicted molar refractivity (Wildman–Crippen MR) is 69.5 cm³/mol. The van der Waals surface area contributed by atoms with E-state index < -0.39 is 27.9 Å². The normalized spacial score (nSPS) is 19.9. The van der Waals surface area contributed by atoms with Crippen molar-refractivity contribution in [1.29, 1.82) is 0 Å². The van der Waals surface area contributed by atoms with Crippen molar-refractivity contribution in [3.8, 4) is 0 Å². The van der Waals surface area contributed by atoms with Crippen LogP contribution in [0.1, 0.15) is 23.2 Å². The van der Waals surface area contributed by atoms with Crippen LogP contribution < -0.4 is 5.73 Å². The van der Waals surface area contributed by atoms with E-state index in [-0.39, 0.29) is 17.0 Å². The molecule has 1 aromatic carbocycles. The lowest BCUT2D eigenvalue weighted by Gasteiger charge is -2.22. The number of amides is 1. The van der Waals surface area contributed by atoms with Crippen molar-refractivity contribution in [2.75, 3.05) is 6.54 Å². The average molecular weight is 298 g/mol. The van der Waals surface area contributed by atoms with E-state index in [0.717, 1.165) is 4.31 Å². The zero-order valence-corrected chi connectivity index (χ0v) is 11.3. The van der Waals surface area contributed by atoms with E-state index >= 15 is 0 Å². The highest BCUT2D eigenvalue weighted by molar-refractivity contribution is 7.89. The van der Waals surface area contributed by atoms with Gasteiger partial charge in [0.05, 0.1) is 10.5 Å². The molecule has 1 amide bonds. The third kappa shape index (κ3) is 2.39. The second-order valence-electron chi connectivity index (χ2n) is 4.48. The maximum Gasteiger partial charge on any atom is 0.337 e. The molecule has 1 aliphatic rings. The van der Waals surface area contributed by atoms with Gasteiger partial charge in [-0.25, -0.2) is 13.2 Å². The van der Waals surface area contributed by atoms with Gasteiger partial charge < -0.3 is 10.8 Å². The number of benzene rings is 1. The minimum absolute atomic E-state index is 0.157. The second kappa shape index (κ2) is 5.22. The van der Waals surface area contributed by atoms with E-state index in [1.807, 2.05) is 0 Å². The van der Waals surface area contributed by atoms with Crippen LogP contribution in [0.4, 0.5) is 0 Å². The zero-order valence-electron chi connectivity index (χ0n) is 10.5. The fourth-order valence-electron chi connectivity index (χ4n) is 2.31. The molecule has 1 unspecified atom stereocenters. The summed E-state index contributed by atoms with van der Waals surface area (Å²) >= 11 is 0. The number of carboxylic acids is 1. The number of carboxylic acid groups (broad SMARTS) is 1. The molecule has 0 bridgehead atoms. The van der Waals surface area contributed by atoms with Crippen LogP contribution in [0.25, 0.3) is 0 Å². The topological polar surface area (TPSA) is 118 Å². The maximum absolute atomic E-state index is 12.5. The van der Waals surface area contributed by atoms with Crippen molar-refractivity contribution >= 4 is 21.9 Å². The predicted octanol–water partition coefficient (Wildman–Crippen LogP) is 0.0232. The lowest BCUT2D eigenvalue weighted by molar-refractivity contribution is -0.121. The second-order valence-corrected chi connectivity index (χ2v) is 6.34. The number of rotatable bonds is 4. The maximum atomic E-state index is 12.5. The quantitative estimate of drug-likeness (QED) is 0.812. The Kier molecular flexibility index (Phi) is 3.78. The van der Waals surface area contributed by atoms with Crippen molar-refractivity contribution in [2.24, 2.45) is 5.73 Å². The van der Waals surface area contributed by atoms with Gasteiger partial charge in [-0.1, -0.05) is 12.1 Å². The molecule has 0 aromatic heterocycles. The molecule has 108 valence electrons. The molecule has 20 heavy (non-hydrogen) atoms. The highest BCUT2D eigenvalue weighted by atomic mass is 32.2. The van der Waals surface area contributed by atoms with Gasteiger partial charge in [0, 0.05) is 6.54 Å². The van der Waals surface area contributed by atoms with Crippen LogP contribution >= 0.6 is 0 Å². The van der Waals surface area contributed by atoms with Crippen LogP contribution in [0.3, 0.4) is 0 Å². The van der Waals surface area contributed by atoms with E-state index in [2.05, 4.69) is 0 Å². The van der Waals surface area contributed by atoms with Crippen LogP contribution in [-0.2, 0) is 14.8 Å². The average Bonchev–Trinajstić information content (AvgIpc) is 2.88. The van der Waals surface area contributed by atoms with E-state index in [4.69, 9.17) is 10.8 Å². The molecule has 1 heterocycles. The van der Waals surface area contributed by atoms with Crippen molar-refractivity contribution in [3.05, 3.63) is 29.8 Å². The summed E-state index contributed by atoms with van der Waals surface area (Å²) in [5.41, 5.74) is 4.88. The summed E-state index contributed by atoms with van der Waals surface area (Å²) in [7, 11) is -4.06. The molecule has 1 saturated heterocycles. The molecule has 1 aromatic rings. The van der Waals surface area contributed by atoms with Gasteiger partial charge in [-0.15, -0.1) is 0 Å². The lowest BCUT2D eigenvalue weighted by Crippen LogP contribution is -2.43. The SMILES string of the molecule is NC(=O)C1CCCN1S(=O)(=O)c1ccccc1C(=O)O. The molecule has 7 nitrogen and oxygen atoms in total. The fraction of sp³-hybridized carbons (Fsp3) is 0.333. The minimum Gasteiger partial charge on any atom is -0.478 e. The van der Waals surface area contributed by atoms with Crippen molar-refractivity contribution < 1.29 is 23.1 Å². The van der Waals surface area contributed by atoms with E-state index in [0.29, 0.717) is 12.8 Å². The summed E-state index contributed by atoms with van der Waals surface area (Å²) in [5.74, 6) is -2.06. The number of nitrogens with two attached hydrogens (primary N) is 1. The molecule has 1 aliphatic heterocycles. The number of primary amides is 1. The first-order chi connectivity index (χ1) is 9.35. The Balaban J connectivity index is 2.51. The molecular formula is C12H14N2O5S. The van der Waals surface area contributed by atoms with Gasteiger partial charge in [-0.2, -0.15) is 4.31 Å². The summed E-state index contributed by atoms with van der Waals surface area (Å²) in [4.78, 5) is 22.1. The number of sulfonamides is 1. The Hall–Kier alpha value is -1.93. The van der Waals surface area contributed by atoms with Crippen LogP contribution in [-0.4, -0.2) is 42.3 Å². The first-order valence-electron chi connectivity index (χ1n) is 5.99. The van der Waals surface area contributed by atoms with Gasteiger partial charge in [-0.05, 0) is 25.0 Å². The smallest absolute Gasteiger partial charge is 0.337 e. The number of aromatic carboxylic acids is 1. The molecule has 3 N–H and O–H groups in total. The molecule has 0 radical (unpaired) electrons. The van der Waals surface area contributed by atoms with Gasteiger partial charge in [-0.3, -0.25) is 4.79 Å². The summed E-state index contributed by atoms with van der Waals surface area (Å²) in [5, 5.41) is 9.07. The van der Waals surface area contributed by atoms with E-state index in [9.17, 15) is 18.0 Å². The standard InChI is InChI=1S/C12H14N2O5S/c13-11(15)9-5-3-7-14(9)20(18,19)10-6-2-1-4-8(10)12(16)17/h1-2,4,6,9H,3,5,7H2,(H2,13,15)(H,16,17). The summed E-state index contributed by atoms with van der Waals surface area (Å²) < 4.78 is 26.0. The lowest BCUT2D eigenvalue weighted by atomic mass is 10.2. The minimum atomic E-state index is -4.06. The van der Waals surface area contributed by atoms with Crippen LogP contribution in [0.2, 0.25) is 0 Å². The molecule has 1 fully saturated rings. The van der Waals surface area contributed by atoms with E-state index in [1.54, 1.807) is 0 Å². The van der Waals surface area contributed by atoms with Gasteiger partial charge in [0.25, 0.3) is 0 Å². The van der Waals surface area contributed by atoms with Crippen LogP contribution in [0.5, 0.6) is 0 Å². The Morgan fingerprint density at radius 2 is 1.95 bits per heavy atom. The highest BCUT2D eigenvalue weighted by Crippen LogP contribution is 2.27. The molecule has 0 spiro atoms. The largest absolute Gasteiger partial charge is 0.478 e. The number of hydrogen-bond acceptors (Lipinski definition) is 4. The molecule has 0 saturated carbocycles. The Morgan fingerprint density at radius 3 is 2.55 bits per heavy atom. The van der Waals surface area contributed by atoms with Gasteiger partial charge >= 0.3 is 5.97 Å². The summed E-state index contributed by atoms with van der Waals surface area (Å²) in [6.07, 6.45) is 0.867. The number of carbonyl (C=O) groups is 2. The molecule has 1 atom stereocenters. The Morgan fingerprint density at radius 1 is 1.30 bits per heavy atom. The first-order valence-corrected chi connectivity index (χ1v) is 7.43. The summed E-state index contributed by atoms with van der Waals surface area (Å²) in [6, 6.07) is 4.40. The zero-order chi connectivity index (χ0) is 14.9. The highest BCUT2D eigenvalue weighted by Gasteiger charge is 2.39. The molecular weight excluding hydrogens is 284 g/mol. The molecule has 2 rings (SSSR count). The summed E-state index contributed by atoms with van der Waals surface area (Å²) in [6.45, 7) is 0.157. The van der Waals surface area contributed by atoms with Crippen LogP contribution in [0, 0.1) is 0 Å². The van der Waals surface area contributed by atoms with Gasteiger partial charge in [0.2, 0.25) is 15.9 Å². The van der Waals surface area contributed by atoms with Gasteiger partial charge in [0.15, 0.2) is 0 Å². The Labute approximate surface area is 116 Å². The number of hydrogen-bond donors (Lipinski definition) is 2. The third-order valence-electron chi connectivity index (χ3n) is 3.24. The third-order valence-corrected chi connectivity index (χ3v) is 5.20. The first kappa shape index (κ1) is 14.5. The van der Waals surface area contributed by atoms with Crippen molar-refractivity contribution in [2.45, 2.75) is 23.8 Å². The van der Waals surface area contributed by atoms with Crippen molar-refractivity contribution in [3.63, 3.8) is 0 Å². The molecule has 8 heteroatoms.